The van der Waals surface area contributed by atoms with Crippen LogP contribution in [0.1, 0.15) is 11.1 Å². The fraction of sp³-hybridized carbons (Fsp3) is 0.143. The molecule has 0 aliphatic heterocycles. The van der Waals surface area contributed by atoms with Gasteiger partial charge in [-0.05, 0) is 30.7 Å². The summed E-state index contributed by atoms with van der Waals surface area (Å²) in [4.78, 5) is 10.3. The van der Waals surface area contributed by atoms with E-state index in [0.717, 1.165) is 0 Å². The monoisotopic (exact) mass is 326 g/mol. The van der Waals surface area contributed by atoms with Gasteiger partial charge in [0, 0.05) is 28.9 Å². The molecule has 2 rings (SSSR count). The van der Waals surface area contributed by atoms with Gasteiger partial charge in [0.2, 0.25) is 0 Å². The summed E-state index contributed by atoms with van der Waals surface area (Å²) in [5.74, 6) is 0.0839. The standard InChI is InChI=1S/C14H12Cl2N2O3/c1-8-5-13(18(20)21)11(16)6-12(8)17-7-9-10(15)3-2-4-14(9)19/h2-6,17,19H,7H2,1H3. The maximum atomic E-state index is 10.8. The summed E-state index contributed by atoms with van der Waals surface area (Å²) in [7, 11) is 0. The minimum absolute atomic E-state index is 0.0523. The molecule has 7 heteroatoms. The fourth-order valence-corrected chi connectivity index (χ4v) is 2.37. The highest BCUT2D eigenvalue weighted by atomic mass is 35.5. The molecule has 0 aliphatic carbocycles. The van der Waals surface area contributed by atoms with E-state index in [1.165, 1.54) is 12.1 Å². The Morgan fingerprint density at radius 3 is 2.62 bits per heavy atom. The number of aryl methyl sites for hydroxylation is 1. The van der Waals surface area contributed by atoms with Crippen molar-refractivity contribution in [2.45, 2.75) is 13.5 Å². The molecule has 0 saturated carbocycles. The average molecular weight is 327 g/mol. The third kappa shape index (κ3) is 3.37. The second kappa shape index (κ2) is 6.20. The number of rotatable bonds is 4. The number of hydrogen-bond acceptors (Lipinski definition) is 4. The van der Waals surface area contributed by atoms with Gasteiger partial charge < -0.3 is 10.4 Å². The number of nitro benzene ring substituents is 1. The van der Waals surface area contributed by atoms with Crippen LogP contribution in [0.5, 0.6) is 5.75 Å². The number of hydrogen-bond donors (Lipinski definition) is 2. The predicted molar refractivity (Wildman–Crippen MR) is 83.3 cm³/mol. The number of nitrogens with zero attached hydrogens (tertiary/aromatic N) is 1. The molecular weight excluding hydrogens is 315 g/mol. The smallest absolute Gasteiger partial charge is 0.288 e. The SMILES string of the molecule is Cc1cc([N+](=O)[O-])c(Cl)cc1NCc1c(O)cccc1Cl. The van der Waals surface area contributed by atoms with Gasteiger partial charge in [0.05, 0.1) is 4.92 Å². The lowest BCUT2D eigenvalue weighted by Crippen LogP contribution is -2.03. The molecular formula is C14H12Cl2N2O3. The van der Waals surface area contributed by atoms with Gasteiger partial charge >= 0.3 is 0 Å². The van der Waals surface area contributed by atoms with E-state index in [4.69, 9.17) is 23.2 Å². The minimum Gasteiger partial charge on any atom is -0.508 e. The lowest BCUT2D eigenvalue weighted by molar-refractivity contribution is -0.384. The van der Waals surface area contributed by atoms with Crippen LogP contribution in [0.15, 0.2) is 30.3 Å². The highest BCUT2D eigenvalue weighted by Crippen LogP contribution is 2.32. The highest BCUT2D eigenvalue weighted by molar-refractivity contribution is 6.33. The maximum absolute atomic E-state index is 10.8. The molecule has 2 N–H and O–H groups in total. The van der Waals surface area contributed by atoms with Crippen LogP contribution in [0.3, 0.4) is 0 Å². The second-order valence-electron chi connectivity index (χ2n) is 4.47. The summed E-state index contributed by atoms with van der Waals surface area (Å²) in [6.45, 7) is 2.01. The average Bonchev–Trinajstić information content (AvgIpc) is 2.41. The first kappa shape index (κ1) is 15.4. The molecule has 2 aromatic carbocycles. The van der Waals surface area contributed by atoms with Crippen molar-refractivity contribution in [3.8, 4) is 5.75 Å². The molecule has 0 heterocycles. The number of benzene rings is 2. The summed E-state index contributed by atoms with van der Waals surface area (Å²) in [6, 6.07) is 7.75. The van der Waals surface area contributed by atoms with E-state index < -0.39 is 4.92 Å². The van der Waals surface area contributed by atoms with E-state index in [2.05, 4.69) is 5.32 Å². The van der Waals surface area contributed by atoms with Crippen molar-refractivity contribution < 1.29 is 10.0 Å². The largest absolute Gasteiger partial charge is 0.508 e. The first-order valence-corrected chi connectivity index (χ1v) is 6.80. The molecule has 0 bridgehead atoms. The number of nitrogens with one attached hydrogen (secondary N) is 1. The summed E-state index contributed by atoms with van der Waals surface area (Å²) in [6.07, 6.45) is 0. The Morgan fingerprint density at radius 1 is 1.29 bits per heavy atom. The van der Waals surface area contributed by atoms with E-state index >= 15 is 0 Å². The highest BCUT2D eigenvalue weighted by Gasteiger charge is 2.15. The molecule has 0 unspecified atom stereocenters. The van der Waals surface area contributed by atoms with Crippen molar-refractivity contribution in [3.05, 3.63) is 61.6 Å². The van der Waals surface area contributed by atoms with Crippen LogP contribution >= 0.6 is 23.2 Å². The Bertz CT molecular complexity index is 685. The van der Waals surface area contributed by atoms with Crippen LogP contribution < -0.4 is 5.32 Å². The van der Waals surface area contributed by atoms with E-state index in [-0.39, 0.29) is 23.0 Å². The topological polar surface area (TPSA) is 75.4 Å². The van der Waals surface area contributed by atoms with Gasteiger partial charge in [-0.2, -0.15) is 0 Å². The molecule has 0 saturated heterocycles. The Hall–Kier alpha value is -1.98. The molecule has 0 amide bonds. The van der Waals surface area contributed by atoms with Gasteiger partial charge in [-0.1, -0.05) is 29.3 Å². The summed E-state index contributed by atoms with van der Waals surface area (Å²) < 4.78 is 0. The van der Waals surface area contributed by atoms with E-state index in [0.29, 0.717) is 21.8 Å². The molecule has 0 spiro atoms. The van der Waals surface area contributed by atoms with Crippen molar-refractivity contribution >= 4 is 34.6 Å². The lowest BCUT2D eigenvalue weighted by Gasteiger charge is -2.12. The van der Waals surface area contributed by atoms with Crippen molar-refractivity contribution in [3.63, 3.8) is 0 Å². The van der Waals surface area contributed by atoms with E-state index in [9.17, 15) is 15.2 Å². The molecule has 2 aromatic rings. The number of phenols is 1. The molecule has 0 radical (unpaired) electrons. The zero-order chi connectivity index (χ0) is 15.6. The van der Waals surface area contributed by atoms with Gasteiger partial charge in [0.1, 0.15) is 10.8 Å². The quantitative estimate of drug-likeness (QED) is 0.639. The van der Waals surface area contributed by atoms with Crippen LogP contribution in [-0.2, 0) is 6.54 Å². The van der Waals surface area contributed by atoms with Crippen LogP contribution in [0.4, 0.5) is 11.4 Å². The fourth-order valence-electron chi connectivity index (χ4n) is 1.90. The zero-order valence-corrected chi connectivity index (χ0v) is 12.6. The first-order valence-electron chi connectivity index (χ1n) is 6.05. The minimum atomic E-state index is -0.529. The summed E-state index contributed by atoms with van der Waals surface area (Å²) in [5.41, 5.74) is 1.73. The lowest BCUT2D eigenvalue weighted by atomic mass is 10.1. The molecule has 0 aromatic heterocycles. The third-order valence-electron chi connectivity index (χ3n) is 3.04. The summed E-state index contributed by atoms with van der Waals surface area (Å²) in [5, 5.41) is 24.1. The van der Waals surface area contributed by atoms with Crippen LogP contribution in [0.2, 0.25) is 10.0 Å². The van der Waals surface area contributed by atoms with Crippen molar-refractivity contribution in [2.24, 2.45) is 0 Å². The van der Waals surface area contributed by atoms with E-state index in [1.807, 2.05) is 0 Å². The Morgan fingerprint density at radius 2 is 2.00 bits per heavy atom. The van der Waals surface area contributed by atoms with Gasteiger partial charge in [0.25, 0.3) is 5.69 Å². The predicted octanol–water partition coefficient (Wildman–Crippen LogP) is 4.53. The van der Waals surface area contributed by atoms with Crippen LogP contribution in [0, 0.1) is 17.0 Å². The summed E-state index contributed by atoms with van der Waals surface area (Å²) >= 11 is 11.9. The Balaban J connectivity index is 2.25. The van der Waals surface area contributed by atoms with Crippen LogP contribution in [0.25, 0.3) is 0 Å². The number of anilines is 1. The zero-order valence-electron chi connectivity index (χ0n) is 11.1. The molecule has 0 atom stereocenters. The molecule has 0 aliphatic rings. The van der Waals surface area contributed by atoms with Gasteiger partial charge in [0.15, 0.2) is 0 Å². The van der Waals surface area contributed by atoms with Crippen molar-refractivity contribution in [2.75, 3.05) is 5.32 Å². The van der Waals surface area contributed by atoms with Gasteiger partial charge in [-0.3, -0.25) is 10.1 Å². The van der Waals surface area contributed by atoms with Crippen molar-refractivity contribution in [1.82, 2.24) is 0 Å². The Labute approximate surface area is 131 Å². The van der Waals surface area contributed by atoms with Gasteiger partial charge in [-0.15, -0.1) is 0 Å². The molecule has 5 nitrogen and oxygen atoms in total. The Kier molecular flexibility index (Phi) is 4.55. The van der Waals surface area contributed by atoms with Gasteiger partial charge in [-0.25, -0.2) is 0 Å². The number of nitro groups is 1. The van der Waals surface area contributed by atoms with Crippen molar-refractivity contribution in [1.29, 1.82) is 0 Å². The number of phenolic OH excluding ortho intramolecular Hbond substituents is 1. The maximum Gasteiger partial charge on any atom is 0.288 e. The number of aromatic hydroxyl groups is 1. The van der Waals surface area contributed by atoms with E-state index in [1.54, 1.807) is 25.1 Å². The molecule has 0 fully saturated rings. The molecule has 110 valence electrons. The normalized spacial score (nSPS) is 10.4. The second-order valence-corrected chi connectivity index (χ2v) is 5.28. The first-order chi connectivity index (χ1) is 9.90. The van der Waals surface area contributed by atoms with Crippen LogP contribution in [-0.4, -0.2) is 10.0 Å². The number of halogens is 2. The third-order valence-corrected chi connectivity index (χ3v) is 3.70. The molecule has 21 heavy (non-hydrogen) atoms.